The highest BCUT2D eigenvalue weighted by Crippen LogP contribution is 2.07. The molecule has 0 aliphatic rings. The maximum atomic E-state index is 11.8. The van der Waals surface area contributed by atoms with Crippen LogP contribution < -0.4 is 5.32 Å². The second-order valence-electron chi connectivity index (χ2n) is 4.87. The van der Waals surface area contributed by atoms with Gasteiger partial charge < -0.3 is 10.4 Å². The summed E-state index contributed by atoms with van der Waals surface area (Å²) in [5.41, 5.74) is 1.05. The lowest BCUT2D eigenvalue weighted by Gasteiger charge is -2.20. The molecule has 2 N–H and O–H groups in total. The zero-order valence-corrected chi connectivity index (χ0v) is 11.3. The molecule has 5 heteroatoms. The third kappa shape index (κ3) is 5.99. The van der Waals surface area contributed by atoms with Gasteiger partial charge in [-0.3, -0.25) is 14.6 Å². The third-order valence-corrected chi connectivity index (χ3v) is 2.94. The maximum absolute atomic E-state index is 11.8. The molecule has 0 saturated heterocycles. The zero-order valence-electron chi connectivity index (χ0n) is 11.3. The lowest BCUT2D eigenvalue weighted by Crippen LogP contribution is -2.40. The van der Waals surface area contributed by atoms with E-state index in [0.717, 1.165) is 5.56 Å². The molecule has 0 aliphatic carbocycles. The zero-order chi connectivity index (χ0) is 14.3. The van der Waals surface area contributed by atoms with Gasteiger partial charge in [-0.15, -0.1) is 0 Å². The van der Waals surface area contributed by atoms with E-state index in [0.29, 0.717) is 12.8 Å². The van der Waals surface area contributed by atoms with Crippen LogP contribution in [-0.4, -0.2) is 28.0 Å². The van der Waals surface area contributed by atoms with E-state index < -0.39 is 5.97 Å². The molecule has 0 aromatic carbocycles. The minimum absolute atomic E-state index is 0.0430. The van der Waals surface area contributed by atoms with Crippen molar-refractivity contribution in [1.29, 1.82) is 0 Å². The van der Waals surface area contributed by atoms with E-state index in [1.54, 1.807) is 12.4 Å². The van der Waals surface area contributed by atoms with Crippen molar-refractivity contribution in [2.75, 3.05) is 0 Å². The van der Waals surface area contributed by atoms with Crippen molar-refractivity contribution in [3.63, 3.8) is 0 Å². The van der Waals surface area contributed by atoms with Gasteiger partial charge in [0.05, 0.1) is 6.42 Å². The first-order valence-corrected chi connectivity index (χ1v) is 6.39. The smallest absolute Gasteiger partial charge is 0.305 e. The standard InChI is InChI=1S/C14H20N2O3/c1-10(2)12(9-14(18)19)16-13(17)4-3-11-5-7-15-8-6-11/h5-8,10,12H,3-4,9H2,1-2H3,(H,16,17)(H,18,19). The van der Waals surface area contributed by atoms with Crippen molar-refractivity contribution in [3.05, 3.63) is 30.1 Å². The molecule has 19 heavy (non-hydrogen) atoms. The van der Waals surface area contributed by atoms with E-state index in [-0.39, 0.29) is 24.3 Å². The summed E-state index contributed by atoms with van der Waals surface area (Å²) in [6, 6.07) is 3.41. The second kappa shape index (κ2) is 7.51. The average molecular weight is 264 g/mol. The molecular weight excluding hydrogens is 244 g/mol. The third-order valence-electron chi connectivity index (χ3n) is 2.94. The van der Waals surface area contributed by atoms with Gasteiger partial charge in [0.15, 0.2) is 0 Å². The second-order valence-corrected chi connectivity index (χ2v) is 4.87. The Hall–Kier alpha value is -1.91. The number of amides is 1. The van der Waals surface area contributed by atoms with Gasteiger partial charge in [0.1, 0.15) is 0 Å². The van der Waals surface area contributed by atoms with E-state index in [1.165, 1.54) is 0 Å². The van der Waals surface area contributed by atoms with Crippen LogP contribution in [0.2, 0.25) is 0 Å². The number of hydrogen-bond acceptors (Lipinski definition) is 3. The van der Waals surface area contributed by atoms with Gasteiger partial charge >= 0.3 is 5.97 Å². The minimum atomic E-state index is -0.895. The van der Waals surface area contributed by atoms with Crippen LogP contribution in [0, 0.1) is 5.92 Å². The number of carboxylic acids is 1. The Kier molecular flexibility index (Phi) is 5.99. The van der Waals surface area contributed by atoms with Gasteiger partial charge in [0, 0.05) is 24.9 Å². The van der Waals surface area contributed by atoms with Crippen LogP contribution in [-0.2, 0) is 16.0 Å². The lowest BCUT2D eigenvalue weighted by atomic mass is 10.0. The number of rotatable bonds is 7. The molecule has 5 nitrogen and oxygen atoms in total. The Morgan fingerprint density at radius 2 is 1.95 bits per heavy atom. The fourth-order valence-electron chi connectivity index (χ4n) is 1.73. The Morgan fingerprint density at radius 1 is 1.32 bits per heavy atom. The van der Waals surface area contributed by atoms with Crippen LogP contribution in [0.1, 0.15) is 32.3 Å². The van der Waals surface area contributed by atoms with Crippen molar-refractivity contribution in [1.82, 2.24) is 10.3 Å². The summed E-state index contributed by atoms with van der Waals surface area (Å²) in [6.07, 6.45) is 4.32. The SMILES string of the molecule is CC(C)C(CC(=O)O)NC(=O)CCc1ccncc1. The number of aryl methyl sites for hydroxylation is 1. The molecule has 1 rings (SSSR count). The maximum Gasteiger partial charge on any atom is 0.305 e. The van der Waals surface area contributed by atoms with Gasteiger partial charge in [-0.25, -0.2) is 0 Å². The molecule has 1 atom stereocenters. The van der Waals surface area contributed by atoms with Crippen molar-refractivity contribution in [2.45, 2.75) is 39.2 Å². The molecule has 1 heterocycles. The van der Waals surface area contributed by atoms with Crippen LogP contribution in [0.3, 0.4) is 0 Å². The number of carbonyl (C=O) groups excluding carboxylic acids is 1. The highest BCUT2D eigenvalue weighted by atomic mass is 16.4. The quantitative estimate of drug-likeness (QED) is 0.784. The first kappa shape index (κ1) is 15.1. The number of aromatic nitrogens is 1. The van der Waals surface area contributed by atoms with Crippen LogP contribution in [0.5, 0.6) is 0 Å². The first-order valence-electron chi connectivity index (χ1n) is 6.39. The van der Waals surface area contributed by atoms with E-state index in [9.17, 15) is 9.59 Å². The van der Waals surface area contributed by atoms with Crippen molar-refractivity contribution in [2.24, 2.45) is 5.92 Å². The molecule has 0 bridgehead atoms. The molecule has 1 amide bonds. The van der Waals surface area contributed by atoms with E-state index in [1.807, 2.05) is 26.0 Å². The van der Waals surface area contributed by atoms with Gasteiger partial charge in [-0.1, -0.05) is 13.8 Å². The van der Waals surface area contributed by atoms with Crippen LogP contribution in [0.25, 0.3) is 0 Å². The fourth-order valence-corrected chi connectivity index (χ4v) is 1.73. The van der Waals surface area contributed by atoms with Crippen molar-refractivity contribution < 1.29 is 14.7 Å². The Balaban J connectivity index is 2.42. The Morgan fingerprint density at radius 3 is 2.47 bits per heavy atom. The normalized spacial score (nSPS) is 12.2. The van der Waals surface area contributed by atoms with E-state index >= 15 is 0 Å². The summed E-state index contributed by atoms with van der Waals surface area (Å²) in [6.45, 7) is 3.80. The number of nitrogens with zero attached hydrogens (tertiary/aromatic N) is 1. The van der Waals surface area contributed by atoms with Gasteiger partial charge in [-0.05, 0) is 30.0 Å². The van der Waals surface area contributed by atoms with Gasteiger partial charge in [-0.2, -0.15) is 0 Å². The molecule has 104 valence electrons. The summed E-state index contributed by atoms with van der Waals surface area (Å²) in [4.78, 5) is 26.4. The first-order chi connectivity index (χ1) is 8.99. The fraction of sp³-hybridized carbons (Fsp3) is 0.500. The molecule has 1 aromatic rings. The van der Waals surface area contributed by atoms with Crippen molar-refractivity contribution in [3.8, 4) is 0 Å². The molecule has 0 spiro atoms. The van der Waals surface area contributed by atoms with E-state index in [4.69, 9.17) is 5.11 Å². The molecular formula is C14H20N2O3. The molecule has 0 saturated carbocycles. The van der Waals surface area contributed by atoms with Gasteiger partial charge in [0.2, 0.25) is 5.91 Å². The summed E-state index contributed by atoms with van der Waals surface area (Å²) in [7, 11) is 0. The number of carboxylic acid groups (broad SMARTS) is 1. The largest absolute Gasteiger partial charge is 0.481 e. The number of hydrogen-bond donors (Lipinski definition) is 2. The average Bonchev–Trinajstić information content (AvgIpc) is 2.36. The predicted octanol–water partition coefficient (Wildman–Crippen LogP) is 1.63. The highest BCUT2D eigenvalue weighted by molar-refractivity contribution is 5.77. The predicted molar refractivity (Wildman–Crippen MR) is 71.6 cm³/mol. The number of pyridine rings is 1. The number of aliphatic carboxylic acids is 1. The molecule has 0 fully saturated rings. The number of nitrogens with one attached hydrogen (secondary N) is 1. The highest BCUT2D eigenvalue weighted by Gasteiger charge is 2.19. The van der Waals surface area contributed by atoms with E-state index in [2.05, 4.69) is 10.3 Å². The monoisotopic (exact) mass is 264 g/mol. The van der Waals surface area contributed by atoms with Crippen molar-refractivity contribution >= 4 is 11.9 Å². The van der Waals surface area contributed by atoms with Crippen LogP contribution in [0.4, 0.5) is 0 Å². The molecule has 1 unspecified atom stereocenters. The molecule has 1 aromatic heterocycles. The minimum Gasteiger partial charge on any atom is -0.481 e. The summed E-state index contributed by atoms with van der Waals surface area (Å²) in [5.74, 6) is -0.911. The topological polar surface area (TPSA) is 79.3 Å². The Labute approximate surface area is 113 Å². The van der Waals surface area contributed by atoms with Crippen LogP contribution >= 0.6 is 0 Å². The Bertz CT molecular complexity index is 418. The summed E-state index contributed by atoms with van der Waals surface area (Å²) >= 11 is 0. The summed E-state index contributed by atoms with van der Waals surface area (Å²) < 4.78 is 0. The van der Waals surface area contributed by atoms with Gasteiger partial charge in [0.25, 0.3) is 0 Å². The molecule has 0 aliphatic heterocycles. The summed E-state index contributed by atoms with van der Waals surface area (Å²) in [5, 5.41) is 11.6. The van der Waals surface area contributed by atoms with Crippen LogP contribution in [0.15, 0.2) is 24.5 Å². The number of carbonyl (C=O) groups is 2. The lowest BCUT2D eigenvalue weighted by molar-refractivity contribution is -0.138. The molecule has 0 radical (unpaired) electrons.